The minimum absolute atomic E-state index is 0.0679. The van der Waals surface area contributed by atoms with E-state index in [2.05, 4.69) is 5.32 Å². The summed E-state index contributed by atoms with van der Waals surface area (Å²) in [7, 11) is 0. The molecule has 0 saturated carbocycles. The molecule has 0 fully saturated rings. The maximum absolute atomic E-state index is 13.2. The van der Waals surface area contributed by atoms with E-state index in [4.69, 9.17) is 5.11 Å². The molecular formula is C11H12FNO3. The number of carbonyl (C=O) groups excluding carboxylic acids is 1. The van der Waals surface area contributed by atoms with Crippen molar-refractivity contribution >= 4 is 11.9 Å². The van der Waals surface area contributed by atoms with Crippen molar-refractivity contribution in [2.24, 2.45) is 0 Å². The molecule has 0 saturated heterocycles. The average molecular weight is 225 g/mol. The summed E-state index contributed by atoms with van der Waals surface area (Å²) in [6.45, 7) is 1.22. The molecule has 0 heterocycles. The van der Waals surface area contributed by atoms with Crippen LogP contribution in [0.1, 0.15) is 12.5 Å². The third-order valence-electron chi connectivity index (χ3n) is 2.06. The van der Waals surface area contributed by atoms with E-state index in [9.17, 15) is 14.0 Å². The third kappa shape index (κ3) is 3.34. The molecule has 0 radical (unpaired) electrons. The second-order valence-electron chi connectivity index (χ2n) is 3.39. The zero-order valence-corrected chi connectivity index (χ0v) is 8.74. The van der Waals surface area contributed by atoms with Gasteiger partial charge in [-0.25, -0.2) is 9.18 Å². The molecule has 1 atom stereocenters. The third-order valence-corrected chi connectivity index (χ3v) is 2.06. The maximum Gasteiger partial charge on any atom is 0.326 e. The molecule has 0 aliphatic heterocycles. The normalized spacial score (nSPS) is 11.9. The number of nitrogens with one attached hydrogen (secondary N) is 1. The first-order valence-electron chi connectivity index (χ1n) is 4.74. The van der Waals surface area contributed by atoms with Crippen molar-refractivity contribution < 1.29 is 19.1 Å². The zero-order valence-electron chi connectivity index (χ0n) is 8.74. The summed E-state index contributed by atoms with van der Waals surface area (Å²) < 4.78 is 13.2. The average Bonchev–Trinajstić information content (AvgIpc) is 2.19. The Hall–Kier alpha value is -1.91. The first kappa shape index (κ1) is 12.2. The van der Waals surface area contributed by atoms with Gasteiger partial charge >= 0.3 is 5.97 Å². The van der Waals surface area contributed by atoms with Crippen LogP contribution in [0.4, 0.5) is 4.39 Å². The Morgan fingerprint density at radius 2 is 2.06 bits per heavy atom. The smallest absolute Gasteiger partial charge is 0.326 e. The van der Waals surface area contributed by atoms with Crippen LogP contribution in [0.5, 0.6) is 0 Å². The Bertz CT molecular complexity index is 406. The Labute approximate surface area is 92.1 Å². The van der Waals surface area contributed by atoms with E-state index in [1.54, 1.807) is 6.07 Å². The minimum Gasteiger partial charge on any atom is -0.480 e. The predicted octanol–water partition coefficient (Wildman–Crippen LogP) is 0.957. The standard InChI is InChI=1S/C11H12FNO3/c1-7(14)13-10(11(15)16)6-8-4-2-3-5-9(8)12/h2-5,10H,6H2,1H3,(H,13,14)(H,15,16)/t10-/m1/s1. The summed E-state index contributed by atoms with van der Waals surface area (Å²) in [5, 5.41) is 11.1. The highest BCUT2D eigenvalue weighted by molar-refractivity contribution is 5.82. The topological polar surface area (TPSA) is 66.4 Å². The minimum atomic E-state index is -1.18. The van der Waals surface area contributed by atoms with Crippen molar-refractivity contribution in [1.82, 2.24) is 5.32 Å². The molecule has 0 unspecified atom stereocenters. The molecule has 1 aromatic rings. The molecule has 2 N–H and O–H groups in total. The first-order chi connectivity index (χ1) is 7.50. The van der Waals surface area contributed by atoms with Gasteiger partial charge in [0.1, 0.15) is 11.9 Å². The van der Waals surface area contributed by atoms with Crippen LogP contribution >= 0.6 is 0 Å². The maximum atomic E-state index is 13.2. The molecule has 1 rings (SSSR count). The van der Waals surface area contributed by atoms with Crippen LogP contribution in [0.25, 0.3) is 0 Å². The molecule has 0 aliphatic carbocycles. The molecule has 5 heteroatoms. The number of hydrogen-bond acceptors (Lipinski definition) is 2. The van der Waals surface area contributed by atoms with E-state index in [1.165, 1.54) is 25.1 Å². The molecule has 0 bridgehead atoms. The van der Waals surface area contributed by atoms with Gasteiger partial charge in [-0.2, -0.15) is 0 Å². The van der Waals surface area contributed by atoms with Crippen molar-refractivity contribution in [2.75, 3.05) is 0 Å². The highest BCUT2D eigenvalue weighted by Crippen LogP contribution is 2.09. The highest BCUT2D eigenvalue weighted by Gasteiger charge is 2.19. The summed E-state index contributed by atoms with van der Waals surface area (Å²) in [5.74, 6) is -2.11. The van der Waals surface area contributed by atoms with Crippen molar-refractivity contribution in [3.8, 4) is 0 Å². The number of halogens is 1. The second kappa shape index (κ2) is 5.25. The monoisotopic (exact) mass is 225 g/mol. The second-order valence-corrected chi connectivity index (χ2v) is 3.39. The lowest BCUT2D eigenvalue weighted by molar-refractivity contribution is -0.141. The molecule has 0 aromatic heterocycles. The van der Waals surface area contributed by atoms with Gasteiger partial charge in [0.2, 0.25) is 5.91 Å². The van der Waals surface area contributed by atoms with E-state index in [1.807, 2.05) is 0 Å². The Kier molecular flexibility index (Phi) is 3.99. The Morgan fingerprint density at radius 3 is 2.56 bits per heavy atom. The van der Waals surface area contributed by atoms with Crippen molar-refractivity contribution in [2.45, 2.75) is 19.4 Å². The lowest BCUT2D eigenvalue weighted by Crippen LogP contribution is -2.41. The number of hydrogen-bond donors (Lipinski definition) is 2. The summed E-state index contributed by atoms with van der Waals surface area (Å²) >= 11 is 0. The SMILES string of the molecule is CC(=O)N[C@H](Cc1ccccc1F)C(=O)O. The van der Waals surface area contributed by atoms with E-state index in [0.29, 0.717) is 0 Å². The fraction of sp³-hybridized carbons (Fsp3) is 0.273. The lowest BCUT2D eigenvalue weighted by atomic mass is 10.1. The number of aliphatic carboxylic acids is 1. The van der Waals surface area contributed by atoms with Crippen LogP contribution in [0, 0.1) is 5.82 Å². The molecule has 16 heavy (non-hydrogen) atoms. The van der Waals surface area contributed by atoms with Crippen LogP contribution in [-0.4, -0.2) is 23.0 Å². The number of carboxylic acids is 1. The Balaban J connectivity index is 2.80. The van der Waals surface area contributed by atoms with Crippen LogP contribution < -0.4 is 5.32 Å². The summed E-state index contributed by atoms with van der Waals surface area (Å²) in [6.07, 6.45) is -0.0679. The number of carbonyl (C=O) groups is 2. The van der Waals surface area contributed by atoms with Gasteiger partial charge < -0.3 is 10.4 Å². The quantitative estimate of drug-likeness (QED) is 0.802. The number of benzene rings is 1. The van der Waals surface area contributed by atoms with Crippen molar-refractivity contribution in [1.29, 1.82) is 0 Å². The van der Waals surface area contributed by atoms with E-state index in [0.717, 1.165) is 0 Å². The highest BCUT2D eigenvalue weighted by atomic mass is 19.1. The van der Waals surface area contributed by atoms with Gasteiger partial charge in [0.25, 0.3) is 0 Å². The fourth-order valence-electron chi connectivity index (χ4n) is 1.33. The molecular weight excluding hydrogens is 213 g/mol. The molecule has 0 aliphatic rings. The van der Waals surface area contributed by atoms with Gasteiger partial charge in [-0.3, -0.25) is 4.79 Å². The van der Waals surface area contributed by atoms with Gasteiger partial charge in [-0.15, -0.1) is 0 Å². The van der Waals surface area contributed by atoms with E-state index < -0.39 is 23.7 Å². The number of amides is 1. The van der Waals surface area contributed by atoms with Gasteiger partial charge in [0.05, 0.1) is 0 Å². The van der Waals surface area contributed by atoms with Crippen molar-refractivity contribution in [3.05, 3.63) is 35.6 Å². The van der Waals surface area contributed by atoms with Gasteiger partial charge in [0, 0.05) is 13.3 Å². The van der Waals surface area contributed by atoms with Crippen LogP contribution in [-0.2, 0) is 16.0 Å². The van der Waals surface area contributed by atoms with Crippen LogP contribution in [0.2, 0.25) is 0 Å². The molecule has 1 amide bonds. The van der Waals surface area contributed by atoms with E-state index >= 15 is 0 Å². The van der Waals surface area contributed by atoms with Gasteiger partial charge in [0.15, 0.2) is 0 Å². The van der Waals surface area contributed by atoms with Gasteiger partial charge in [-0.05, 0) is 11.6 Å². The van der Waals surface area contributed by atoms with Gasteiger partial charge in [-0.1, -0.05) is 18.2 Å². The molecule has 1 aromatic carbocycles. The number of rotatable bonds is 4. The van der Waals surface area contributed by atoms with Crippen LogP contribution in [0.3, 0.4) is 0 Å². The zero-order chi connectivity index (χ0) is 12.1. The Morgan fingerprint density at radius 1 is 1.44 bits per heavy atom. The summed E-state index contributed by atoms with van der Waals surface area (Å²) in [5.41, 5.74) is 0.267. The van der Waals surface area contributed by atoms with E-state index in [-0.39, 0.29) is 12.0 Å². The predicted molar refractivity (Wildman–Crippen MR) is 55.3 cm³/mol. The summed E-state index contributed by atoms with van der Waals surface area (Å²) in [6, 6.07) is 4.78. The lowest BCUT2D eigenvalue weighted by Gasteiger charge is -2.13. The summed E-state index contributed by atoms with van der Waals surface area (Å²) in [4.78, 5) is 21.6. The molecule has 86 valence electrons. The molecule has 0 spiro atoms. The first-order valence-corrected chi connectivity index (χ1v) is 4.74. The largest absolute Gasteiger partial charge is 0.480 e. The van der Waals surface area contributed by atoms with Crippen molar-refractivity contribution in [3.63, 3.8) is 0 Å². The fourth-order valence-corrected chi connectivity index (χ4v) is 1.33. The van der Waals surface area contributed by atoms with Crippen LogP contribution in [0.15, 0.2) is 24.3 Å². The number of carboxylic acid groups (broad SMARTS) is 1. The molecule has 4 nitrogen and oxygen atoms in total.